The maximum atomic E-state index is 13.6. The molecule has 0 unspecified atom stereocenters. The highest BCUT2D eigenvalue weighted by Crippen LogP contribution is 2.38. The normalized spacial score (nSPS) is 16.6. The molecule has 5 rings (SSSR count). The van der Waals surface area contributed by atoms with E-state index in [0.29, 0.717) is 27.9 Å². The number of carbonyl (C=O) groups excluding carboxylic acids is 2. The zero-order chi connectivity index (χ0) is 28.1. The number of piperidine rings is 1. The molecule has 208 valence electrons. The van der Waals surface area contributed by atoms with Crippen LogP contribution >= 0.6 is 0 Å². The molecule has 1 fully saturated rings. The van der Waals surface area contributed by atoms with Crippen molar-refractivity contribution in [2.45, 2.75) is 65.6 Å². The summed E-state index contributed by atoms with van der Waals surface area (Å²) in [5, 5.41) is 1.70. The monoisotopic (exact) mass is 553 g/mol. The predicted molar refractivity (Wildman–Crippen MR) is 149 cm³/mol. The van der Waals surface area contributed by atoms with Crippen LogP contribution in [0.5, 0.6) is 0 Å². The molecule has 0 atom stereocenters. The summed E-state index contributed by atoms with van der Waals surface area (Å²) in [5.41, 5.74) is 3.92. The van der Waals surface area contributed by atoms with Crippen molar-refractivity contribution < 1.29 is 27.0 Å². The molecule has 0 radical (unpaired) electrons. The molecule has 1 amide bonds. The van der Waals surface area contributed by atoms with Gasteiger partial charge in [0.05, 0.1) is 29.6 Å². The van der Waals surface area contributed by atoms with Crippen molar-refractivity contribution in [1.29, 1.82) is 0 Å². The Morgan fingerprint density at radius 1 is 1.03 bits per heavy atom. The van der Waals surface area contributed by atoms with Crippen LogP contribution in [0.25, 0.3) is 22.2 Å². The van der Waals surface area contributed by atoms with Gasteiger partial charge >= 0.3 is 6.09 Å². The molecule has 0 bridgehead atoms. The maximum absolute atomic E-state index is 13.6. The fraction of sp³-hybridized carbons (Fsp3) is 0.448. The molecule has 2 aliphatic rings. The van der Waals surface area contributed by atoms with Gasteiger partial charge in [0, 0.05) is 17.5 Å². The second-order valence-electron chi connectivity index (χ2n) is 11.5. The lowest BCUT2D eigenvalue weighted by Gasteiger charge is -2.26. The Morgan fingerprint density at radius 3 is 2.41 bits per heavy atom. The SMILES string of the molecule is Cc1cc2c(c(-c3cc4cc(CN5CCCCC5)ccc4n3C(=O)OC(C)(C)C)c1)C(=O)N(OS(C)(=O)=O)C2. The van der Waals surface area contributed by atoms with Gasteiger partial charge in [0.1, 0.15) is 5.60 Å². The van der Waals surface area contributed by atoms with Crippen LogP contribution in [0, 0.1) is 6.92 Å². The molecule has 3 aromatic rings. The van der Waals surface area contributed by atoms with Gasteiger partial charge in [-0.25, -0.2) is 9.36 Å². The summed E-state index contributed by atoms with van der Waals surface area (Å²) in [6, 6.07) is 11.6. The smallest absolute Gasteiger partial charge is 0.419 e. The minimum absolute atomic E-state index is 0.0113. The average molecular weight is 554 g/mol. The van der Waals surface area contributed by atoms with E-state index in [1.54, 1.807) is 20.8 Å². The highest BCUT2D eigenvalue weighted by molar-refractivity contribution is 7.85. The summed E-state index contributed by atoms with van der Waals surface area (Å²) in [6.07, 6.45) is 4.02. The standard InChI is InChI=1S/C29H35N3O6S/c1-19-13-22-18-31(38-39(5,35)36)27(33)26(22)23(14-19)25-16-21-15-20(17-30-11-7-6-8-12-30)9-10-24(21)32(25)28(34)37-29(2,3)4/h9-10,13-16H,6-8,11-12,17-18H2,1-5H3. The number of hydrogen-bond acceptors (Lipinski definition) is 7. The number of benzene rings is 2. The summed E-state index contributed by atoms with van der Waals surface area (Å²) >= 11 is 0. The third kappa shape index (κ3) is 5.88. The molecule has 1 aromatic heterocycles. The quantitative estimate of drug-likeness (QED) is 0.427. The van der Waals surface area contributed by atoms with Gasteiger partial charge in [-0.3, -0.25) is 9.69 Å². The fourth-order valence-corrected chi connectivity index (χ4v) is 5.90. The summed E-state index contributed by atoms with van der Waals surface area (Å²) in [6.45, 7) is 10.3. The number of hydrogen-bond donors (Lipinski definition) is 0. The predicted octanol–water partition coefficient (Wildman–Crippen LogP) is 5.23. The number of aryl methyl sites for hydroxylation is 1. The topological polar surface area (TPSA) is 98.2 Å². The summed E-state index contributed by atoms with van der Waals surface area (Å²) < 4.78 is 35.8. The molecule has 0 saturated carbocycles. The second kappa shape index (κ2) is 10.1. The first-order chi connectivity index (χ1) is 18.3. The lowest BCUT2D eigenvalue weighted by molar-refractivity contribution is -0.0262. The van der Waals surface area contributed by atoms with Crippen molar-refractivity contribution >= 4 is 33.0 Å². The van der Waals surface area contributed by atoms with Crippen molar-refractivity contribution in [2.75, 3.05) is 19.3 Å². The molecule has 39 heavy (non-hydrogen) atoms. The first-order valence-corrected chi connectivity index (χ1v) is 15.1. The number of amides is 1. The zero-order valence-corrected chi connectivity index (χ0v) is 23.9. The number of ether oxygens (including phenoxy) is 1. The zero-order valence-electron chi connectivity index (χ0n) is 23.1. The Hall–Kier alpha value is -3.21. The van der Waals surface area contributed by atoms with Gasteiger partial charge in [0.2, 0.25) is 0 Å². The van der Waals surface area contributed by atoms with E-state index >= 15 is 0 Å². The van der Waals surface area contributed by atoms with E-state index in [-0.39, 0.29) is 6.54 Å². The van der Waals surface area contributed by atoms with E-state index in [1.165, 1.54) is 23.8 Å². The number of fused-ring (bicyclic) bond motifs is 2. The van der Waals surface area contributed by atoms with Gasteiger partial charge in [0.25, 0.3) is 16.0 Å². The Balaban J connectivity index is 1.64. The first-order valence-electron chi connectivity index (χ1n) is 13.2. The molecule has 1 saturated heterocycles. The van der Waals surface area contributed by atoms with Crippen LogP contribution in [0.4, 0.5) is 4.79 Å². The Bertz CT molecular complexity index is 1560. The van der Waals surface area contributed by atoms with Crippen molar-refractivity contribution in [2.24, 2.45) is 0 Å². The number of rotatable bonds is 5. The molecule has 9 nitrogen and oxygen atoms in total. The second-order valence-corrected chi connectivity index (χ2v) is 13.1. The van der Waals surface area contributed by atoms with Gasteiger partial charge < -0.3 is 4.74 Å². The lowest BCUT2D eigenvalue weighted by atomic mass is 9.97. The van der Waals surface area contributed by atoms with Crippen LogP contribution in [0.3, 0.4) is 0 Å². The number of carbonyl (C=O) groups is 2. The average Bonchev–Trinajstić information content (AvgIpc) is 3.34. The Kier molecular flexibility index (Phi) is 7.07. The van der Waals surface area contributed by atoms with Crippen LogP contribution in [0.15, 0.2) is 36.4 Å². The summed E-state index contributed by atoms with van der Waals surface area (Å²) in [5.74, 6) is -0.572. The molecular weight excluding hydrogens is 518 g/mol. The first kappa shape index (κ1) is 27.4. The Labute approximate surface area is 229 Å². The van der Waals surface area contributed by atoms with Crippen LogP contribution in [-0.2, 0) is 32.2 Å². The number of nitrogens with zero attached hydrogens (tertiary/aromatic N) is 3. The highest BCUT2D eigenvalue weighted by Gasteiger charge is 2.35. The highest BCUT2D eigenvalue weighted by atomic mass is 32.2. The van der Waals surface area contributed by atoms with Gasteiger partial charge in [-0.15, -0.1) is 4.28 Å². The maximum Gasteiger partial charge on any atom is 0.419 e. The van der Waals surface area contributed by atoms with Gasteiger partial charge in [-0.05, 0) is 89.0 Å². The minimum atomic E-state index is -3.90. The van der Waals surface area contributed by atoms with Crippen molar-refractivity contribution in [3.8, 4) is 11.3 Å². The summed E-state index contributed by atoms with van der Waals surface area (Å²) in [7, 11) is -3.90. The van der Waals surface area contributed by atoms with Crippen LogP contribution in [0.1, 0.15) is 67.1 Å². The van der Waals surface area contributed by atoms with Gasteiger partial charge in [0.15, 0.2) is 0 Å². The number of aromatic nitrogens is 1. The van der Waals surface area contributed by atoms with Crippen LogP contribution < -0.4 is 0 Å². The third-order valence-electron chi connectivity index (χ3n) is 6.92. The van der Waals surface area contributed by atoms with Crippen molar-refractivity contribution in [3.05, 3.63) is 58.7 Å². The summed E-state index contributed by atoms with van der Waals surface area (Å²) in [4.78, 5) is 29.4. The molecule has 2 aromatic carbocycles. The lowest BCUT2D eigenvalue weighted by Crippen LogP contribution is -2.29. The third-order valence-corrected chi connectivity index (χ3v) is 7.37. The van der Waals surface area contributed by atoms with Crippen LogP contribution in [0.2, 0.25) is 0 Å². The molecule has 0 aliphatic carbocycles. The fourth-order valence-electron chi connectivity index (χ4n) is 5.46. The number of likely N-dealkylation sites (tertiary alicyclic amines) is 1. The van der Waals surface area contributed by atoms with E-state index in [2.05, 4.69) is 11.0 Å². The largest absolute Gasteiger partial charge is 0.443 e. The van der Waals surface area contributed by atoms with Crippen molar-refractivity contribution in [3.63, 3.8) is 0 Å². The van der Waals surface area contributed by atoms with Gasteiger partial charge in [-0.2, -0.15) is 13.5 Å². The molecular formula is C29H35N3O6S. The van der Waals surface area contributed by atoms with E-state index in [1.807, 2.05) is 37.3 Å². The van der Waals surface area contributed by atoms with Crippen LogP contribution in [-0.4, -0.2) is 59.9 Å². The minimum Gasteiger partial charge on any atom is -0.443 e. The molecule has 0 N–H and O–H groups in total. The molecule has 0 spiro atoms. The molecule has 10 heteroatoms. The molecule has 3 heterocycles. The van der Waals surface area contributed by atoms with E-state index in [9.17, 15) is 18.0 Å². The van der Waals surface area contributed by atoms with Crippen molar-refractivity contribution in [1.82, 2.24) is 14.5 Å². The van der Waals surface area contributed by atoms with E-state index in [0.717, 1.165) is 47.5 Å². The van der Waals surface area contributed by atoms with Gasteiger partial charge in [-0.1, -0.05) is 24.1 Å². The van der Waals surface area contributed by atoms with E-state index < -0.39 is 27.7 Å². The number of hydroxylamine groups is 2. The Morgan fingerprint density at radius 2 is 1.74 bits per heavy atom. The molecule has 2 aliphatic heterocycles. The van der Waals surface area contributed by atoms with E-state index in [4.69, 9.17) is 9.02 Å².